The summed E-state index contributed by atoms with van der Waals surface area (Å²) in [6.07, 6.45) is -0.674. The number of amides is 1. The molecule has 2 N–H and O–H groups in total. The molecular weight excluding hydrogens is 251 g/mol. The van der Waals surface area contributed by atoms with E-state index in [1.807, 2.05) is 0 Å². The van der Waals surface area contributed by atoms with Crippen LogP contribution in [0.25, 0.3) is 0 Å². The molecule has 16 heavy (non-hydrogen) atoms. The highest BCUT2D eigenvalue weighted by molar-refractivity contribution is 6.37. The Kier molecular flexibility index (Phi) is 2.97. The van der Waals surface area contributed by atoms with Crippen molar-refractivity contribution in [1.29, 1.82) is 0 Å². The van der Waals surface area contributed by atoms with Crippen LogP contribution in [-0.2, 0) is 4.79 Å². The third kappa shape index (κ3) is 1.73. The minimum Gasteiger partial charge on any atom is -0.477 e. The van der Waals surface area contributed by atoms with Crippen LogP contribution in [-0.4, -0.2) is 25.6 Å². The highest BCUT2D eigenvalue weighted by atomic mass is 35.5. The molecule has 1 aliphatic heterocycles. The maximum atomic E-state index is 11.8. The molecule has 86 valence electrons. The zero-order chi connectivity index (χ0) is 11.9. The minimum absolute atomic E-state index is 0.118. The number of benzene rings is 1. The van der Waals surface area contributed by atoms with Crippen LogP contribution in [0, 0.1) is 0 Å². The third-order valence-electron chi connectivity index (χ3n) is 2.42. The summed E-state index contributed by atoms with van der Waals surface area (Å²) in [5.41, 5.74) is 5.98. The van der Waals surface area contributed by atoms with Crippen molar-refractivity contribution in [2.75, 3.05) is 18.5 Å². The topological polar surface area (TPSA) is 55.6 Å². The molecule has 1 aromatic carbocycles. The van der Waals surface area contributed by atoms with Crippen molar-refractivity contribution in [2.45, 2.75) is 6.10 Å². The summed E-state index contributed by atoms with van der Waals surface area (Å²) in [5, 5.41) is 0.844. The molecule has 0 aromatic heterocycles. The standard InChI is InChI=1S/C10H10Cl2N2O2/c1-14-9-6(12)2-5(11)3-7(9)16-8(4-13)10(14)15/h2-3,8H,4,13H2,1H3. The first-order valence-corrected chi connectivity index (χ1v) is 5.43. The van der Waals surface area contributed by atoms with Crippen molar-refractivity contribution in [3.63, 3.8) is 0 Å². The molecule has 2 rings (SSSR count). The van der Waals surface area contributed by atoms with Crippen LogP contribution in [0.15, 0.2) is 12.1 Å². The average Bonchev–Trinajstić information content (AvgIpc) is 2.22. The quantitative estimate of drug-likeness (QED) is 0.836. The zero-order valence-corrected chi connectivity index (χ0v) is 10.0. The van der Waals surface area contributed by atoms with Gasteiger partial charge in [-0.15, -0.1) is 0 Å². The molecular formula is C10H10Cl2N2O2. The molecule has 1 heterocycles. The van der Waals surface area contributed by atoms with E-state index < -0.39 is 6.10 Å². The van der Waals surface area contributed by atoms with E-state index in [1.165, 1.54) is 4.90 Å². The summed E-state index contributed by atoms with van der Waals surface area (Å²) in [6, 6.07) is 3.19. The van der Waals surface area contributed by atoms with Gasteiger partial charge >= 0.3 is 0 Å². The Hall–Kier alpha value is -0.970. The van der Waals surface area contributed by atoms with Crippen LogP contribution in [0.1, 0.15) is 0 Å². The molecule has 0 spiro atoms. The number of nitrogens with zero attached hydrogens (tertiary/aromatic N) is 1. The highest BCUT2D eigenvalue weighted by Crippen LogP contribution is 2.41. The fourth-order valence-corrected chi connectivity index (χ4v) is 2.24. The summed E-state index contributed by atoms with van der Waals surface area (Å²) in [4.78, 5) is 13.2. The van der Waals surface area contributed by atoms with Gasteiger partial charge in [-0.3, -0.25) is 4.79 Å². The number of rotatable bonds is 1. The second-order valence-corrected chi connectivity index (χ2v) is 4.32. The number of ether oxygens (including phenoxy) is 1. The number of nitrogens with two attached hydrogens (primary N) is 1. The predicted octanol–water partition coefficient (Wildman–Crippen LogP) is 1.68. The van der Waals surface area contributed by atoms with Gasteiger partial charge in [0.05, 0.1) is 5.02 Å². The summed E-state index contributed by atoms with van der Waals surface area (Å²) >= 11 is 11.9. The van der Waals surface area contributed by atoms with E-state index in [4.69, 9.17) is 33.7 Å². The molecule has 0 aliphatic carbocycles. The van der Waals surface area contributed by atoms with Crippen molar-refractivity contribution in [2.24, 2.45) is 5.73 Å². The molecule has 4 nitrogen and oxygen atoms in total. The first kappa shape index (κ1) is 11.5. The Balaban J connectivity index is 2.54. The molecule has 1 unspecified atom stereocenters. The second kappa shape index (κ2) is 4.13. The van der Waals surface area contributed by atoms with Crippen molar-refractivity contribution in [3.05, 3.63) is 22.2 Å². The molecule has 1 aromatic rings. The van der Waals surface area contributed by atoms with E-state index in [0.29, 0.717) is 21.5 Å². The first-order valence-electron chi connectivity index (χ1n) is 4.68. The number of fused-ring (bicyclic) bond motifs is 1. The van der Waals surface area contributed by atoms with Gasteiger partial charge < -0.3 is 15.4 Å². The maximum absolute atomic E-state index is 11.8. The molecule has 1 amide bonds. The van der Waals surface area contributed by atoms with Crippen LogP contribution in [0.4, 0.5) is 5.69 Å². The van der Waals surface area contributed by atoms with E-state index in [9.17, 15) is 4.79 Å². The molecule has 6 heteroatoms. The maximum Gasteiger partial charge on any atom is 0.269 e. The number of carbonyl (C=O) groups is 1. The second-order valence-electron chi connectivity index (χ2n) is 3.47. The number of halogens is 2. The van der Waals surface area contributed by atoms with Gasteiger partial charge in [0.15, 0.2) is 6.10 Å². The Bertz CT molecular complexity index is 451. The lowest BCUT2D eigenvalue weighted by Gasteiger charge is -2.32. The van der Waals surface area contributed by atoms with Gasteiger partial charge in [-0.05, 0) is 6.07 Å². The lowest BCUT2D eigenvalue weighted by Crippen LogP contribution is -2.47. The highest BCUT2D eigenvalue weighted by Gasteiger charge is 2.32. The molecule has 0 saturated heterocycles. The fraction of sp³-hybridized carbons (Fsp3) is 0.300. The van der Waals surface area contributed by atoms with Gasteiger partial charge in [0, 0.05) is 24.7 Å². The SMILES string of the molecule is CN1C(=O)C(CN)Oc2cc(Cl)cc(Cl)c21. The summed E-state index contributed by atoms with van der Waals surface area (Å²) in [7, 11) is 1.63. The van der Waals surface area contributed by atoms with Gasteiger partial charge in [-0.2, -0.15) is 0 Å². The summed E-state index contributed by atoms with van der Waals surface area (Å²) < 4.78 is 5.44. The minimum atomic E-state index is -0.674. The van der Waals surface area contributed by atoms with Gasteiger partial charge in [-0.25, -0.2) is 0 Å². The molecule has 1 atom stereocenters. The monoisotopic (exact) mass is 260 g/mol. The normalized spacial score (nSPS) is 19.4. The lowest BCUT2D eigenvalue weighted by atomic mass is 10.2. The average molecular weight is 261 g/mol. The Morgan fingerprint density at radius 1 is 1.50 bits per heavy atom. The van der Waals surface area contributed by atoms with Gasteiger partial charge in [0.25, 0.3) is 5.91 Å². The first-order chi connectivity index (χ1) is 7.54. The van der Waals surface area contributed by atoms with Crippen LogP contribution in [0.2, 0.25) is 10.0 Å². The number of hydrogen-bond donors (Lipinski definition) is 1. The van der Waals surface area contributed by atoms with Crippen molar-refractivity contribution in [1.82, 2.24) is 0 Å². The van der Waals surface area contributed by atoms with Gasteiger partial charge in [0.1, 0.15) is 11.4 Å². The van der Waals surface area contributed by atoms with Crippen molar-refractivity contribution < 1.29 is 9.53 Å². The predicted molar refractivity (Wildman–Crippen MR) is 63.3 cm³/mol. The Morgan fingerprint density at radius 3 is 2.81 bits per heavy atom. The number of hydrogen-bond acceptors (Lipinski definition) is 3. The van der Waals surface area contributed by atoms with Gasteiger partial charge in [0.2, 0.25) is 0 Å². The van der Waals surface area contributed by atoms with E-state index in [0.717, 1.165) is 0 Å². The number of likely N-dealkylation sites (N-methyl/N-ethyl adjacent to an activating group) is 1. The van der Waals surface area contributed by atoms with Crippen LogP contribution < -0.4 is 15.4 Å². The Morgan fingerprint density at radius 2 is 2.19 bits per heavy atom. The van der Waals surface area contributed by atoms with Crippen LogP contribution in [0.5, 0.6) is 5.75 Å². The molecule has 0 saturated carbocycles. The van der Waals surface area contributed by atoms with Crippen molar-refractivity contribution >= 4 is 34.8 Å². The fourth-order valence-electron chi connectivity index (χ4n) is 1.64. The van der Waals surface area contributed by atoms with E-state index in [2.05, 4.69) is 0 Å². The van der Waals surface area contributed by atoms with Gasteiger partial charge in [-0.1, -0.05) is 23.2 Å². The zero-order valence-electron chi connectivity index (χ0n) is 8.54. The van der Waals surface area contributed by atoms with E-state index in [1.54, 1.807) is 19.2 Å². The van der Waals surface area contributed by atoms with E-state index >= 15 is 0 Å². The Labute approximate surface area is 103 Å². The van der Waals surface area contributed by atoms with Crippen LogP contribution >= 0.6 is 23.2 Å². The third-order valence-corrected chi connectivity index (χ3v) is 2.92. The lowest BCUT2D eigenvalue weighted by molar-refractivity contribution is -0.125. The number of anilines is 1. The largest absolute Gasteiger partial charge is 0.477 e. The number of carbonyl (C=O) groups excluding carboxylic acids is 1. The van der Waals surface area contributed by atoms with Crippen molar-refractivity contribution in [3.8, 4) is 5.75 Å². The summed E-state index contributed by atoms with van der Waals surface area (Å²) in [5.74, 6) is 0.272. The molecule has 0 bridgehead atoms. The summed E-state index contributed by atoms with van der Waals surface area (Å²) in [6.45, 7) is 0.118. The van der Waals surface area contributed by atoms with E-state index in [-0.39, 0.29) is 12.5 Å². The molecule has 0 radical (unpaired) electrons. The smallest absolute Gasteiger partial charge is 0.269 e. The molecule has 0 fully saturated rings. The molecule has 1 aliphatic rings. The van der Waals surface area contributed by atoms with Crippen LogP contribution in [0.3, 0.4) is 0 Å².